The standard InChI is InChI=1S/C8H8O4S/c1-12-8(9)6-2-4-7(5-3-6)13(10)11/h2-5H,1H3,(H,10,11). The zero-order chi connectivity index (χ0) is 9.84. The molecule has 0 radical (unpaired) electrons. The first-order valence-electron chi connectivity index (χ1n) is 3.44. The number of ether oxygens (including phenoxy) is 1. The van der Waals surface area contributed by atoms with Gasteiger partial charge in [0.1, 0.15) is 0 Å². The summed E-state index contributed by atoms with van der Waals surface area (Å²) < 4.78 is 23.7. The second-order valence-corrected chi connectivity index (χ2v) is 3.23. The summed E-state index contributed by atoms with van der Waals surface area (Å²) in [6.45, 7) is 0. The van der Waals surface area contributed by atoms with Crippen LogP contribution >= 0.6 is 0 Å². The van der Waals surface area contributed by atoms with Crippen LogP contribution in [0.2, 0.25) is 0 Å². The van der Waals surface area contributed by atoms with Crippen molar-refractivity contribution >= 4 is 17.0 Å². The van der Waals surface area contributed by atoms with Gasteiger partial charge in [-0.15, -0.1) is 0 Å². The van der Waals surface area contributed by atoms with Gasteiger partial charge in [-0.2, -0.15) is 0 Å². The summed E-state index contributed by atoms with van der Waals surface area (Å²) in [5.74, 6) is -0.463. The fourth-order valence-electron chi connectivity index (χ4n) is 0.825. The molecule has 1 atom stereocenters. The number of hydrogen-bond acceptors (Lipinski definition) is 3. The Balaban J connectivity index is 2.93. The molecule has 0 amide bonds. The van der Waals surface area contributed by atoms with Gasteiger partial charge in [0.05, 0.1) is 17.6 Å². The summed E-state index contributed by atoms with van der Waals surface area (Å²) >= 11 is -2.00. The van der Waals surface area contributed by atoms with Crippen LogP contribution in [0.5, 0.6) is 0 Å². The Labute approximate surface area is 77.8 Å². The van der Waals surface area contributed by atoms with Gasteiger partial charge in [0.25, 0.3) is 0 Å². The third-order valence-corrected chi connectivity index (χ3v) is 2.15. The summed E-state index contributed by atoms with van der Waals surface area (Å²) in [6.07, 6.45) is 0. The van der Waals surface area contributed by atoms with E-state index >= 15 is 0 Å². The molecule has 5 heteroatoms. The van der Waals surface area contributed by atoms with Crippen LogP contribution in [-0.4, -0.2) is 21.8 Å². The van der Waals surface area contributed by atoms with E-state index in [-0.39, 0.29) is 4.90 Å². The zero-order valence-corrected chi connectivity index (χ0v) is 7.71. The highest BCUT2D eigenvalue weighted by atomic mass is 32.2. The Morgan fingerprint density at radius 2 is 1.92 bits per heavy atom. The molecule has 1 N–H and O–H groups in total. The predicted octanol–water partition coefficient (Wildman–Crippen LogP) is 1.05. The molecule has 0 aliphatic carbocycles. The van der Waals surface area contributed by atoms with Gasteiger partial charge in [0.15, 0.2) is 11.1 Å². The summed E-state index contributed by atoms with van der Waals surface area (Å²) in [6, 6.07) is 5.69. The lowest BCUT2D eigenvalue weighted by Crippen LogP contribution is -2.01. The summed E-state index contributed by atoms with van der Waals surface area (Å²) in [5, 5.41) is 0. The third-order valence-electron chi connectivity index (χ3n) is 1.48. The summed E-state index contributed by atoms with van der Waals surface area (Å²) in [7, 11) is 1.28. The average Bonchev–Trinajstić information content (AvgIpc) is 2.17. The molecule has 0 aromatic heterocycles. The molecule has 4 nitrogen and oxygen atoms in total. The van der Waals surface area contributed by atoms with Gasteiger partial charge in [-0.25, -0.2) is 9.00 Å². The van der Waals surface area contributed by atoms with Gasteiger partial charge in [0.2, 0.25) is 0 Å². The fraction of sp³-hybridized carbons (Fsp3) is 0.125. The maximum Gasteiger partial charge on any atom is 0.337 e. The van der Waals surface area contributed by atoms with Crippen LogP contribution in [0.15, 0.2) is 29.2 Å². The molecule has 0 spiro atoms. The number of benzene rings is 1. The first kappa shape index (κ1) is 9.88. The van der Waals surface area contributed by atoms with Crippen LogP contribution in [0.25, 0.3) is 0 Å². The molecule has 0 saturated carbocycles. The maximum absolute atomic E-state index is 10.9. The summed E-state index contributed by atoms with van der Waals surface area (Å²) in [4.78, 5) is 11.2. The van der Waals surface area contributed by atoms with Crippen molar-refractivity contribution in [2.75, 3.05) is 7.11 Å². The SMILES string of the molecule is COC(=O)c1ccc(S(=O)O)cc1. The molecule has 1 rings (SSSR count). The zero-order valence-electron chi connectivity index (χ0n) is 6.89. The van der Waals surface area contributed by atoms with E-state index in [1.165, 1.54) is 31.4 Å². The quantitative estimate of drug-likeness (QED) is 0.572. The van der Waals surface area contributed by atoms with Crippen LogP contribution in [0, 0.1) is 0 Å². The number of methoxy groups -OCH3 is 1. The molecule has 0 fully saturated rings. The molecule has 1 aromatic rings. The van der Waals surface area contributed by atoms with Crippen LogP contribution < -0.4 is 0 Å². The molecule has 70 valence electrons. The van der Waals surface area contributed by atoms with E-state index in [9.17, 15) is 9.00 Å². The first-order chi connectivity index (χ1) is 6.15. The van der Waals surface area contributed by atoms with E-state index in [0.717, 1.165) is 0 Å². The second kappa shape index (κ2) is 4.15. The lowest BCUT2D eigenvalue weighted by atomic mass is 10.2. The molecule has 1 unspecified atom stereocenters. The van der Waals surface area contributed by atoms with Crippen LogP contribution in [0.4, 0.5) is 0 Å². The summed E-state index contributed by atoms with van der Waals surface area (Å²) in [5.41, 5.74) is 0.358. The van der Waals surface area contributed by atoms with Crippen molar-refractivity contribution in [1.29, 1.82) is 0 Å². The monoisotopic (exact) mass is 200 g/mol. The number of carbonyl (C=O) groups is 1. The van der Waals surface area contributed by atoms with Crippen molar-refractivity contribution in [3.8, 4) is 0 Å². The van der Waals surface area contributed by atoms with Crippen molar-refractivity contribution in [3.63, 3.8) is 0 Å². The van der Waals surface area contributed by atoms with E-state index in [1.807, 2.05) is 0 Å². The van der Waals surface area contributed by atoms with E-state index in [2.05, 4.69) is 4.74 Å². The van der Waals surface area contributed by atoms with Crippen LogP contribution in [0.3, 0.4) is 0 Å². The molecule has 0 aliphatic rings. The third kappa shape index (κ3) is 2.37. The number of rotatable bonds is 2. The van der Waals surface area contributed by atoms with E-state index in [1.54, 1.807) is 0 Å². The average molecular weight is 200 g/mol. The molecule has 0 heterocycles. The highest BCUT2D eigenvalue weighted by molar-refractivity contribution is 7.79. The molecule has 0 saturated heterocycles. The highest BCUT2D eigenvalue weighted by Gasteiger charge is 2.05. The maximum atomic E-state index is 10.9. The van der Waals surface area contributed by atoms with Gasteiger partial charge in [0, 0.05) is 0 Å². The van der Waals surface area contributed by atoms with Crippen LogP contribution in [-0.2, 0) is 15.8 Å². The Kier molecular flexibility index (Phi) is 3.16. The molecule has 0 bridgehead atoms. The van der Waals surface area contributed by atoms with Gasteiger partial charge < -0.3 is 9.29 Å². The first-order valence-corrected chi connectivity index (χ1v) is 4.55. The predicted molar refractivity (Wildman–Crippen MR) is 46.8 cm³/mol. The Morgan fingerprint density at radius 1 is 1.38 bits per heavy atom. The minimum absolute atomic E-state index is 0.257. The Bertz CT molecular complexity index is 331. The minimum Gasteiger partial charge on any atom is -0.465 e. The molecular weight excluding hydrogens is 192 g/mol. The minimum atomic E-state index is -2.00. The molecule has 0 aliphatic heterocycles. The molecule has 1 aromatic carbocycles. The lowest BCUT2D eigenvalue weighted by molar-refractivity contribution is 0.0600. The van der Waals surface area contributed by atoms with E-state index < -0.39 is 17.0 Å². The van der Waals surface area contributed by atoms with Gasteiger partial charge in [-0.1, -0.05) is 0 Å². The Morgan fingerprint density at radius 3 is 2.31 bits per heavy atom. The van der Waals surface area contributed by atoms with Gasteiger partial charge >= 0.3 is 5.97 Å². The van der Waals surface area contributed by atoms with Gasteiger partial charge in [-0.05, 0) is 24.3 Å². The van der Waals surface area contributed by atoms with Crippen molar-refractivity contribution in [3.05, 3.63) is 29.8 Å². The van der Waals surface area contributed by atoms with Crippen molar-refractivity contribution < 1.29 is 18.3 Å². The van der Waals surface area contributed by atoms with E-state index in [0.29, 0.717) is 5.56 Å². The van der Waals surface area contributed by atoms with Crippen molar-refractivity contribution in [1.82, 2.24) is 0 Å². The van der Waals surface area contributed by atoms with Crippen molar-refractivity contribution in [2.45, 2.75) is 4.90 Å². The fourth-order valence-corrected chi connectivity index (χ4v) is 1.19. The number of esters is 1. The Hall–Kier alpha value is -1.20. The van der Waals surface area contributed by atoms with Crippen molar-refractivity contribution in [2.24, 2.45) is 0 Å². The molecular formula is C8H8O4S. The van der Waals surface area contributed by atoms with Crippen LogP contribution in [0.1, 0.15) is 10.4 Å². The largest absolute Gasteiger partial charge is 0.465 e. The smallest absolute Gasteiger partial charge is 0.337 e. The number of carbonyl (C=O) groups excluding carboxylic acids is 1. The lowest BCUT2D eigenvalue weighted by Gasteiger charge is -1.98. The topological polar surface area (TPSA) is 63.6 Å². The normalized spacial score (nSPS) is 12.2. The number of hydrogen-bond donors (Lipinski definition) is 1. The molecule has 13 heavy (non-hydrogen) atoms. The highest BCUT2D eigenvalue weighted by Crippen LogP contribution is 2.07. The second-order valence-electron chi connectivity index (χ2n) is 2.27. The van der Waals surface area contributed by atoms with Gasteiger partial charge in [-0.3, -0.25) is 0 Å². The van der Waals surface area contributed by atoms with E-state index in [4.69, 9.17) is 4.55 Å².